The average Bonchev–Trinajstić information content (AvgIpc) is 3.01. The highest BCUT2D eigenvalue weighted by molar-refractivity contribution is 5.97. The number of aliphatic carboxylic acids is 1. The molecule has 6 nitrogen and oxygen atoms in total. The van der Waals surface area contributed by atoms with Gasteiger partial charge in [0.1, 0.15) is 11.7 Å². The van der Waals surface area contributed by atoms with E-state index in [2.05, 4.69) is 5.32 Å². The van der Waals surface area contributed by atoms with Crippen molar-refractivity contribution in [3.8, 4) is 5.75 Å². The Labute approximate surface area is 114 Å². The van der Waals surface area contributed by atoms with Gasteiger partial charge in [0.05, 0.1) is 23.8 Å². The Morgan fingerprint density at radius 3 is 2.40 bits per heavy atom. The molecule has 0 spiro atoms. The van der Waals surface area contributed by atoms with E-state index in [-0.39, 0.29) is 11.4 Å². The fraction of sp³-hybridized carbons (Fsp3) is 0.286. The minimum absolute atomic E-state index is 0.0626. The van der Waals surface area contributed by atoms with Crippen LogP contribution >= 0.6 is 0 Å². The van der Waals surface area contributed by atoms with E-state index in [9.17, 15) is 19.8 Å². The lowest BCUT2D eigenvalue weighted by Crippen LogP contribution is -2.39. The second kappa shape index (κ2) is 4.64. The molecule has 0 aliphatic carbocycles. The number of hydrogen-bond donors (Lipinski definition) is 3. The molecule has 2 bridgehead atoms. The summed E-state index contributed by atoms with van der Waals surface area (Å²) in [6.07, 6.45) is 2.30. The van der Waals surface area contributed by atoms with Crippen molar-refractivity contribution < 1.29 is 24.5 Å². The molecule has 2 aliphatic heterocycles. The largest absolute Gasteiger partial charge is 0.506 e. The summed E-state index contributed by atoms with van der Waals surface area (Å²) < 4.78 is 5.43. The summed E-state index contributed by atoms with van der Waals surface area (Å²) in [5.74, 6) is -3.26. The number of ether oxygens (including phenoxy) is 1. The molecule has 1 saturated heterocycles. The monoisotopic (exact) mass is 275 g/mol. The van der Waals surface area contributed by atoms with Gasteiger partial charge in [0, 0.05) is 0 Å². The molecule has 1 fully saturated rings. The number of carbonyl (C=O) groups is 2. The highest BCUT2D eigenvalue weighted by Gasteiger charge is 2.53. The van der Waals surface area contributed by atoms with E-state index in [1.54, 1.807) is 30.4 Å². The summed E-state index contributed by atoms with van der Waals surface area (Å²) in [5, 5.41) is 21.4. The normalized spacial score (nSPS) is 30.4. The lowest BCUT2D eigenvalue weighted by Gasteiger charge is -2.21. The van der Waals surface area contributed by atoms with Gasteiger partial charge in [-0.05, 0) is 12.1 Å². The number of hydrogen-bond acceptors (Lipinski definition) is 4. The number of carbonyl (C=O) groups excluding carboxylic acids is 1. The lowest BCUT2D eigenvalue weighted by atomic mass is 9.82. The van der Waals surface area contributed by atoms with E-state index < -0.39 is 35.9 Å². The van der Waals surface area contributed by atoms with Gasteiger partial charge < -0.3 is 20.3 Å². The number of phenolic OH excluding ortho intramolecular Hbond substituents is 1. The van der Waals surface area contributed by atoms with Crippen LogP contribution < -0.4 is 5.32 Å². The third-order valence-corrected chi connectivity index (χ3v) is 3.65. The number of para-hydroxylation sites is 2. The van der Waals surface area contributed by atoms with Gasteiger partial charge in [0.2, 0.25) is 5.91 Å². The van der Waals surface area contributed by atoms with E-state index in [1.165, 1.54) is 6.07 Å². The van der Waals surface area contributed by atoms with Crippen LogP contribution in [0.3, 0.4) is 0 Å². The van der Waals surface area contributed by atoms with Gasteiger partial charge >= 0.3 is 5.97 Å². The SMILES string of the molecule is O=C(O)[C@@H]1[C@@H](C(=O)Nc2ccccc2O)[C@H]2C=C[C@H]1O2. The molecule has 0 unspecified atom stereocenters. The zero-order valence-corrected chi connectivity index (χ0v) is 10.4. The molecule has 1 amide bonds. The van der Waals surface area contributed by atoms with E-state index >= 15 is 0 Å². The first-order valence-corrected chi connectivity index (χ1v) is 6.23. The number of nitrogens with one attached hydrogen (secondary N) is 1. The quantitative estimate of drug-likeness (QED) is 0.564. The Hall–Kier alpha value is -2.34. The number of phenols is 1. The number of benzene rings is 1. The van der Waals surface area contributed by atoms with Crippen LogP contribution in [0.5, 0.6) is 5.75 Å². The molecular formula is C14H13NO5. The Bertz CT molecular complexity index is 597. The molecular weight excluding hydrogens is 262 g/mol. The van der Waals surface area contributed by atoms with Crippen LogP contribution in [0.15, 0.2) is 36.4 Å². The lowest BCUT2D eigenvalue weighted by molar-refractivity contribution is -0.145. The van der Waals surface area contributed by atoms with Crippen LogP contribution in [-0.4, -0.2) is 34.3 Å². The Kier molecular flexibility index (Phi) is 2.94. The Morgan fingerprint density at radius 1 is 1.10 bits per heavy atom. The maximum absolute atomic E-state index is 12.3. The molecule has 3 N–H and O–H groups in total. The highest BCUT2D eigenvalue weighted by atomic mass is 16.5. The standard InChI is InChI=1S/C14H13NO5/c16-8-4-2-1-3-7(8)15-13(17)11-9-5-6-10(20-9)12(11)14(18)19/h1-6,9-12,16H,(H,15,17)(H,18,19)/t9-,10-,11+,12+/m1/s1. The minimum Gasteiger partial charge on any atom is -0.506 e. The molecule has 1 aromatic carbocycles. The number of anilines is 1. The van der Waals surface area contributed by atoms with Gasteiger partial charge in [-0.15, -0.1) is 0 Å². The van der Waals surface area contributed by atoms with Crippen LogP contribution in [0.25, 0.3) is 0 Å². The van der Waals surface area contributed by atoms with Gasteiger partial charge in [-0.1, -0.05) is 24.3 Å². The fourth-order valence-electron chi connectivity index (χ4n) is 2.71. The van der Waals surface area contributed by atoms with Gasteiger partial charge in [0.25, 0.3) is 0 Å². The summed E-state index contributed by atoms with van der Waals surface area (Å²) in [7, 11) is 0. The molecule has 2 aliphatic rings. The number of amides is 1. The van der Waals surface area contributed by atoms with Crippen molar-refractivity contribution in [3.63, 3.8) is 0 Å². The third kappa shape index (κ3) is 1.94. The van der Waals surface area contributed by atoms with Crippen LogP contribution in [0.2, 0.25) is 0 Å². The smallest absolute Gasteiger partial charge is 0.310 e. The summed E-state index contributed by atoms with van der Waals surface area (Å²) in [5.41, 5.74) is 0.258. The molecule has 0 aromatic heterocycles. The summed E-state index contributed by atoms with van der Waals surface area (Å²) in [6.45, 7) is 0. The first-order chi connectivity index (χ1) is 9.58. The second-order valence-corrected chi connectivity index (χ2v) is 4.85. The summed E-state index contributed by atoms with van der Waals surface area (Å²) in [6, 6.07) is 6.30. The highest BCUT2D eigenvalue weighted by Crippen LogP contribution is 2.40. The zero-order valence-electron chi connectivity index (χ0n) is 10.4. The van der Waals surface area contributed by atoms with E-state index in [0.717, 1.165) is 0 Å². The molecule has 3 rings (SSSR count). The van der Waals surface area contributed by atoms with Crippen molar-refractivity contribution in [2.24, 2.45) is 11.8 Å². The number of carboxylic acids is 1. The predicted octanol–water partition coefficient (Wildman–Crippen LogP) is 0.985. The van der Waals surface area contributed by atoms with Gasteiger partial charge in [-0.3, -0.25) is 9.59 Å². The number of fused-ring (bicyclic) bond motifs is 2. The van der Waals surface area contributed by atoms with Crippen molar-refractivity contribution in [2.45, 2.75) is 12.2 Å². The molecule has 1 aromatic rings. The van der Waals surface area contributed by atoms with Crippen LogP contribution in [0, 0.1) is 11.8 Å². The summed E-state index contributed by atoms with van der Waals surface area (Å²) in [4.78, 5) is 23.6. The zero-order chi connectivity index (χ0) is 14.3. The van der Waals surface area contributed by atoms with Crippen molar-refractivity contribution in [1.29, 1.82) is 0 Å². The third-order valence-electron chi connectivity index (χ3n) is 3.65. The summed E-state index contributed by atoms with van der Waals surface area (Å²) >= 11 is 0. The molecule has 104 valence electrons. The number of carboxylic acid groups (broad SMARTS) is 1. The molecule has 2 heterocycles. The van der Waals surface area contributed by atoms with Crippen LogP contribution in [0.1, 0.15) is 0 Å². The van der Waals surface area contributed by atoms with Crippen molar-refractivity contribution in [3.05, 3.63) is 36.4 Å². The average molecular weight is 275 g/mol. The van der Waals surface area contributed by atoms with Crippen LogP contribution in [-0.2, 0) is 14.3 Å². The van der Waals surface area contributed by atoms with Gasteiger partial charge in [-0.2, -0.15) is 0 Å². The molecule has 20 heavy (non-hydrogen) atoms. The number of rotatable bonds is 3. The second-order valence-electron chi connectivity index (χ2n) is 4.85. The van der Waals surface area contributed by atoms with Gasteiger partial charge in [-0.25, -0.2) is 0 Å². The molecule has 6 heteroatoms. The Balaban J connectivity index is 1.82. The predicted molar refractivity (Wildman–Crippen MR) is 69.2 cm³/mol. The van der Waals surface area contributed by atoms with E-state index in [1.807, 2.05) is 0 Å². The van der Waals surface area contributed by atoms with Crippen molar-refractivity contribution in [2.75, 3.05) is 5.32 Å². The minimum atomic E-state index is -1.06. The van der Waals surface area contributed by atoms with Crippen molar-refractivity contribution >= 4 is 17.6 Å². The maximum Gasteiger partial charge on any atom is 0.310 e. The fourth-order valence-corrected chi connectivity index (χ4v) is 2.71. The van der Waals surface area contributed by atoms with E-state index in [4.69, 9.17) is 4.74 Å². The molecule has 0 saturated carbocycles. The topological polar surface area (TPSA) is 95.9 Å². The molecule has 0 radical (unpaired) electrons. The maximum atomic E-state index is 12.3. The Morgan fingerprint density at radius 2 is 1.75 bits per heavy atom. The van der Waals surface area contributed by atoms with Crippen LogP contribution in [0.4, 0.5) is 5.69 Å². The molecule has 4 atom stereocenters. The first-order valence-electron chi connectivity index (χ1n) is 6.23. The van der Waals surface area contributed by atoms with Crippen molar-refractivity contribution in [1.82, 2.24) is 0 Å². The number of aromatic hydroxyl groups is 1. The van der Waals surface area contributed by atoms with Gasteiger partial charge in [0.15, 0.2) is 0 Å². The first kappa shape index (κ1) is 12.7. The van der Waals surface area contributed by atoms with E-state index in [0.29, 0.717) is 0 Å².